The molecule has 0 amide bonds. The summed E-state index contributed by atoms with van der Waals surface area (Å²) in [7, 11) is 0. The van der Waals surface area contributed by atoms with Crippen LogP contribution in [-0.2, 0) is 11.8 Å². The highest BCUT2D eigenvalue weighted by Crippen LogP contribution is 2.60. The Morgan fingerprint density at radius 2 is 1.28 bits per heavy atom. The van der Waals surface area contributed by atoms with Gasteiger partial charge in [0.25, 0.3) is 0 Å². The molecule has 0 aliphatic rings. The normalized spacial score (nSPS) is 15.2. The zero-order valence-electron chi connectivity index (χ0n) is 14.7. The van der Waals surface area contributed by atoms with Crippen LogP contribution in [0.4, 0.5) is 52.7 Å². The fourth-order valence-electron chi connectivity index (χ4n) is 2.66. The molecule has 0 saturated carbocycles. The molecule has 0 aliphatic heterocycles. The van der Waals surface area contributed by atoms with Gasteiger partial charge in [0.1, 0.15) is 0 Å². The summed E-state index contributed by atoms with van der Waals surface area (Å²) in [6.45, 7) is 0. The smallest absolute Gasteiger partial charge is 0.221 e. The van der Waals surface area contributed by atoms with E-state index in [0.717, 1.165) is 24.3 Å². The van der Waals surface area contributed by atoms with E-state index in [1.165, 1.54) is 6.07 Å². The molecule has 0 aliphatic carbocycles. The monoisotopic (exact) mass is 542 g/mol. The van der Waals surface area contributed by atoms with Gasteiger partial charge in [-0.25, -0.2) is 4.39 Å². The molecule has 32 heavy (non-hydrogen) atoms. The Labute approximate surface area is 179 Å². The maximum absolute atomic E-state index is 15.1. The highest BCUT2D eigenvalue weighted by atomic mass is 79.9. The summed E-state index contributed by atoms with van der Waals surface area (Å²) in [5.41, 5.74) is -13.7. The standard InChI is InChI=1S/C18H5BrF12N/c19-12-6-10(15(21,22)23)5-11(13(12)9-3-1-8(7-32)2-4-9)14(20,17(26,27)28)16(24,25)18(29,30)31/h1-5H. The Balaban J connectivity index is 3.09. The number of alkyl halides is 12. The molecule has 0 spiro atoms. The van der Waals surface area contributed by atoms with Crippen molar-refractivity contribution in [2.24, 2.45) is 0 Å². The van der Waals surface area contributed by atoms with Gasteiger partial charge in [-0.3, -0.25) is 0 Å². The second-order valence-corrected chi connectivity index (χ2v) is 6.99. The molecule has 0 fully saturated rings. The van der Waals surface area contributed by atoms with Crippen LogP contribution in [0.5, 0.6) is 0 Å². The van der Waals surface area contributed by atoms with Gasteiger partial charge in [0.15, 0.2) is 0 Å². The average Bonchev–Trinajstić information content (AvgIpc) is 2.64. The lowest BCUT2D eigenvalue weighted by Crippen LogP contribution is -2.60. The Kier molecular flexibility index (Phi) is 6.34. The van der Waals surface area contributed by atoms with Crippen molar-refractivity contribution in [1.82, 2.24) is 0 Å². The van der Waals surface area contributed by atoms with Crippen molar-refractivity contribution in [3.8, 4) is 17.2 Å². The number of nitrogens with zero attached hydrogens (tertiary/aromatic N) is 1. The largest absolute Gasteiger partial charge is 0.457 e. The number of halogens is 13. The minimum absolute atomic E-state index is 0.148. The zero-order chi connectivity index (χ0) is 24.9. The van der Waals surface area contributed by atoms with Crippen LogP contribution in [0.1, 0.15) is 16.7 Å². The molecule has 0 bridgehead atoms. The lowest BCUT2D eigenvalue weighted by Gasteiger charge is -2.37. The van der Waals surface area contributed by atoms with Crippen molar-refractivity contribution in [3.63, 3.8) is 0 Å². The fourth-order valence-corrected chi connectivity index (χ4v) is 3.32. The van der Waals surface area contributed by atoms with Gasteiger partial charge in [-0.15, -0.1) is 0 Å². The summed E-state index contributed by atoms with van der Waals surface area (Å²) in [6.07, 6.45) is -19.7. The van der Waals surface area contributed by atoms with Crippen LogP contribution in [0.2, 0.25) is 0 Å². The molecule has 0 N–H and O–H groups in total. The van der Waals surface area contributed by atoms with Crippen molar-refractivity contribution in [2.75, 3.05) is 0 Å². The Morgan fingerprint density at radius 3 is 1.66 bits per heavy atom. The molecular weight excluding hydrogens is 538 g/mol. The van der Waals surface area contributed by atoms with Crippen molar-refractivity contribution < 1.29 is 52.7 Å². The van der Waals surface area contributed by atoms with Crippen LogP contribution in [0, 0.1) is 17.4 Å². The van der Waals surface area contributed by atoms with Gasteiger partial charge in [0.05, 0.1) is 17.2 Å². The summed E-state index contributed by atoms with van der Waals surface area (Å²) < 4.78 is 160. The molecule has 1 unspecified atom stereocenters. The van der Waals surface area contributed by atoms with E-state index in [-0.39, 0.29) is 5.56 Å². The third-order valence-electron chi connectivity index (χ3n) is 4.18. The first kappa shape index (κ1) is 25.8. The second kappa shape index (κ2) is 7.86. The van der Waals surface area contributed by atoms with Gasteiger partial charge in [-0.1, -0.05) is 12.1 Å². The van der Waals surface area contributed by atoms with E-state index in [9.17, 15) is 48.3 Å². The highest BCUT2D eigenvalue weighted by molar-refractivity contribution is 9.10. The SMILES string of the molecule is N#Cc1ccc(-c2c(Br)[c]c(C(F)(F)F)cc2C(F)(C(F)(F)F)C(F)(F)C(F)(F)F)cc1. The minimum Gasteiger partial charge on any atom is -0.221 e. The first-order valence-corrected chi connectivity index (χ1v) is 8.62. The van der Waals surface area contributed by atoms with Crippen LogP contribution in [0.15, 0.2) is 34.8 Å². The van der Waals surface area contributed by atoms with Gasteiger partial charge >= 0.3 is 30.1 Å². The molecule has 1 atom stereocenters. The van der Waals surface area contributed by atoms with E-state index in [0.29, 0.717) is 0 Å². The predicted molar refractivity (Wildman–Crippen MR) is 88.0 cm³/mol. The molecule has 1 nitrogen and oxygen atoms in total. The maximum Gasteiger partial charge on any atom is 0.457 e. The van der Waals surface area contributed by atoms with Crippen LogP contribution in [-0.4, -0.2) is 18.3 Å². The number of nitriles is 1. The Morgan fingerprint density at radius 1 is 0.781 bits per heavy atom. The fraction of sp³-hybridized carbons (Fsp3) is 0.278. The summed E-state index contributed by atoms with van der Waals surface area (Å²) in [5, 5.41) is 8.74. The Bertz CT molecular complexity index is 1040. The molecule has 0 heterocycles. The minimum atomic E-state index is -7.19. The summed E-state index contributed by atoms with van der Waals surface area (Å²) in [5.74, 6) is -7.19. The highest BCUT2D eigenvalue weighted by Gasteiger charge is 2.82. The molecule has 0 saturated heterocycles. The van der Waals surface area contributed by atoms with E-state index < -0.39 is 62.9 Å². The molecule has 1 radical (unpaired) electrons. The lowest BCUT2D eigenvalue weighted by molar-refractivity contribution is -0.389. The first-order valence-electron chi connectivity index (χ1n) is 7.83. The first-order chi connectivity index (χ1) is 14.3. The van der Waals surface area contributed by atoms with E-state index in [1.54, 1.807) is 6.07 Å². The topological polar surface area (TPSA) is 23.8 Å². The summed E-state index contributed by atoms with van der Waals surface area (Å²) >= 11 is 2.36. The van der Waals surface area contributed by atoms with Crippen molar-refractivity contribution in [3.05, 3.63) is 57.6 Å². The zero-order valence-corrected chi connectivity index (χ0v) is 16.3. The molecule has 2 aromatic rings. The molecule has 2 rings (SSSR count). The van der Waals surface area contributed by atoms with Gasteiger partial charge in [-0.2, -0.15) is 53.6 Å². The van der Waals surface area contributed by atoms with E-state index in [2.05, 4.69) is 15.9 Å². The number of hydrogen-bond acceptors (Lipinski definition) is 1. The van der Waals surface area contributed by atoms with E-state index in [4.69, 9.17) is 5.26 Å². The predicted octanol–water partition coefficient (Wildman–Crippen LogP) is 7.73. The number of benzene rings is 2. The van der Waals surface area contributed by atoms with Crippen LogP contribution in [0.3, 0.4) is 0 Å². The number of rotatable bonds is 3. The van der Waals surface area contributed by atoms with Gasteiger partial charge in [0, 0.05) is 21.7 Å². The van der Waals surface area contributed by atoms with E-state index >= 15 is 4.39 Å². The molecule has 173 valence electrons. The summed E-state index contributed by atoms with van der Waals surface area (Å²) in [4.78, 5) is 0. The van der Waals surface area contributed by atoms with Gasteiger partial charge in [0.2, 0.25) is 0 Å². The lowest BCUT2D eigenvalue weighted by atomic mass is 9.81. The van der Waals surface area contributed by atoms with Crippen molar-refractivity contribution >= 4 is 15.9 Å². The second-order valence-electron chi connectivity index (χ2n) is 6.20. The van der Waals surface area contributed by atoms with Crippen molar-refractivity contribution in [1.29, 1.82) is 5.26 Å². The van der Waals surface area contributed by atoms with Crippen LogP contribution >= 0.6 is 15.9 Å². The average molecular weight is 543 g/mol. The molecule has 2 aromatic carbocycles. The van der Waals surface area contributed by atoms with Crippen molar-refractivity contribution in [2.45, 2.75) is 30.1 Å². The maximum atomic E-state index is 15.1. The summed E-state index contributed by atoms with van der Waals surface area (Å²) in [6, 6.07) is 5.44. The van der Waals surface area contributed by atoms with E-state index in [1.807, 2.05) is 0 Å². The quantitative estimate of drug-likeness (QED) is 0.364. The molecule has 14 heteroatoms. The third-order valence-corrected chi connectivity index (χ3v) is 4.78. The third kappa shape index (κ3) is 4.14. The number of hydrogen-bond donors (Lipinski definition) is 0. The van der Waals surface area contributed by atoms with Crippen LogP contribution in [0.25, 0.3) is 11.1 Å². The van der Waals surface area contributed by atoms with Gasteiger partial charge < -0.3 is 0 Å². The molecular formula is C18H5BrF12N. The van der Waals surface area contributed by atoms with Crippen LogP contribution < -0.4 is 0 Å². The molecule has 0 aromatic heterocycles. The van der Waals surface area contributed by atoms with Gasteiger partial charge in [-0.05, 0) is 39.7 Å². The Hall–Kier alpha value is -2.43.